The van der Waals surface area contributed by atoms with Crippen LogP contribution in [0.1, 0.15) is 10.4 Å². The zero-order valence-electron chi connectivity index (χ0n) is 14.1. The fraction of sp³-hybridized carbons (Fsp3) is 0.278. The van der Waals surface area contributed by atoms with E-state index in [1.54, 1.807) is 18.3 Å². The number of rotatable bonds is 2. The molecule has 128 valence electrons. The summed E-state index contributed by atoms with van der Waals surface area (Å²) in [4.78, 5) is 28.7. The van der Waals surface area contributed by atoms with Crippen molar-refractivity contribution in [1.82, 2.24) is 24.8 Å². The Labute approximate surface area is 145 Å². The summed E-state index contributed by atoms with van der Waals surface area (Å²) in [5, 5.41) is 0.936. The molecule has 0 radical (unpaired) electrons. The maximum atomic E-state index is 12.8. The van der Waals surface area contributed by atoms with Gasteiger partial charge in [-0.05, 0) is 31.3 Å². The van der Waals surface area contributed by atoms with Crippen molar-refractivity contribution in [1.29, 1.82) is 0 Å². The molecule has 1 amide bonds. The number of likely N-dealkylation sites (N-methyl/N-ethyl adjacent to an activating group) is 1. The van der Waals surface area contributed by atoms with Crippen LogP contribution in [0.3, 0.4) is 0 Å². The Kier molecular flexibility index (Phi) is 3.85. The van der Waals surface area contributed by atoms with E-state index in [2.05, 4.69) is 26.9 Å². The lowest BCUT2D eigenvalue weighted by molar-refractivity contribution is 0.0664. The highest BCUT2D eigenvalue weighted by Gasteiger charge is 2.21. The number of nitrogen functional groups attached to an aromatic ring is 1. The molecule has 3 aromatic rings. The quantitative estimate of drug-likeness (QED) is 0.742. The Balaban J connectivity index is 1.69. The van der Waals surface area contributed by atoms with Crippen LogP contribution in [-0.2, 0) is 0 Å². The van der Waals surface area contributed by atoms with E-state index in [0.29, 0.717) is 17.0 Å². The third kappa shape index (κ3) is 2.94. The van der Waals surface area contributed by atoms with E-state index in [-0.39, 0.29) is 5.91 Å². The lowest BCUT2D eigenvalue weighted by Crippen LogP contribution is -2.47. The van der Waals surface area contributed by atoms with Crippen LogP contribution in [0.5, 0.6) is 0 Å². The summed E-state index contributed by atoms with van der Waals surface area (Å²) in [6, 6.07) is 7.33. The van der Waals surface area contributed by atoms with Gasteiger partial charge in [0.25, 0.3) is 5.91 Å². The topological polar surface area (TPSA) is 91.1 Å². The minimum Gasteiger partial charge on any atom is -0.384 e. The molecule has 1 fully saturated rings. The van der Waals surface area contributed by atoms with Crippen LogP contribution in [0.4, 0.5) is 5.82 Å². The summed E-state index contributed by atoms with van der Waals surface area (Å²) in [5.74, 6) is 0.464. The van der Waals surface area contributed by atoms with Gasteiger partial charge in [-0.25, -0.2) is 4.98 Å². The number of H-pyrrole nitrogens is 1. The number of carbonyl (C=O) groups excluding carboxylic acids is 1. The highest BCUT2D eigenvalue weighted by atomic mass is 16.2. The van der Waals surface area contributed by atoms with Crippen LogP contribution in [0.25, 0.3) is 22.3 Å². The lowest BCUT2D eigenvalue weighted by Gasteiger charge is -2.32. The van der Waals surface area contributed by atoms with E-state index in [0.717, 1.165) is 42.8 Å². The smallest absolute Gasteiger partial charge is 0.254 e. The number of pyridine rings is 2. The van der Waals surface area contributed by atoms with Gasteiger partial charge in [-0.3, -0.25) is 9.78 Å². The summed E-state index contributed by atoms with van der Waals surface area (Å²) in [7, 11) is 2.07. The van der Waals surface area contributed by atoms with Crippen molar-refractivity contribution in [3.63, 3.8) is 0 Å². The van der Waals surface area contributed by atoms with Crippen LogP contribution in [0, 0.1) is 0 Å². The van der Waals surface area contributed by atoms with E-state index in [1.807, 2.05) is 23.2 Å². The molecule has 1 aliphatic rings. The molecule has 0 aliphatic carbocycles. The molecule has 3 aromatic heterocycles. The number of nitrogens with two attached hydrogens (primary N) is 1. The number of hydrogen-bond donors (Lipinski definition) is 2. The van der Waals surface area contributed by atoms with Crippen molar-refractivity contribution < 1.29 is 4.79 Å². The minimum atomic E-state index is 0.0455. The summed E-state index contributed by atoms with van der Waals surface area (Å²) in [6.45, 7) is 3.29. The third-order valence-electron chi connectivity index (χ3n) is 4.62. The van der Waals surface area contributed by atoms with Gasteiger partial charge in [-0.1, -0.05) is 0 Å². The van der Waals surface area contributed by atoms with Gasteiger partial charge in [0, 0.05) is 55.1 Å². The maximum absolute atomic E-state index is 12.8. The number of carbonyl (C=O) groups is 1. The monoisotopic (exact) mass is 336 g/mol. The summed E-state index contributed by atoms with van der Waals surface area (Å²) in [5.41, 5.74) is 8.87. The largest absolute Gasteiger partial charge is 0.384 e. The normalized spacial score (nSPS) is 15.6. The molecule has 3 N–H and O–H groups in total. The van der Waals surface area contributed by atoms with E-state index in [4.69, 9.17) is 5.73 Å². The Bertz CT molecular complexity index is 926. The number of anilines is 1. The molecular weight excluding hydrogens is 316 g/mol. The number of aromatic amines is 1. The number of nitrogens with zero attached hydrogens (tertiary/aromatic N) is 4. The van der Waals surface area contributed by atoms with Gasteiger partial charge in [0.05, 0.1) is 5.69 Å². The number of nitrogens with one attached hydrogen (secondary N) is 1. The highest BCUT2D eigenvalue weighted by molar-refractivity contribution is 5.98. The molecule has 1 saturated heterocycles. The first-order valence-electron chi connectivity index (χ1n) is 8.29. The van der Waals surface area contributed by atoms with Gasteiger partial charge in [0.2, 0.25) is 0 Å². The van der Waals surface area contributed by atoms with E-state index in [9.17, 15) is 4.79 Å². The van der Waals surface area contributed by atoms with Crippen molar-refractivity contribution in [2.75, 3.05) is 39.0 Å². The standard InChI is InChI=1S/C18H20N6O/c1-23-6-8-24(9-7-23)18(25)12-2-4-20-15(10-12)14-11-16(19)22-17-13(14)3-5-21-17/h2-5,10-11H,6-9H2,1H3,(H3,19,21,22). The Morgan fingerprint density at radius 1 is 1.20 bits per heavy atom. The Morgan fingerprint density at radius 2 is 2.00 bits per heavy atom. The first kappa shape index (κ1) is 15.6. The second-order valence-corrected chi connectivity index (χ2v) is 6.36. The molecule has 0 aromatic carbocycles. The fourth-order valence-electron chi connectivity index (χ4n) is 3.17. The zero-order valence-corrected chi connectivity index (χ0v) is 14.1. The summed E-state index contributed by atoms with van der Waals surface area (Å²) < 4.78 is 0. The molecule has 4 rings (SSSR count). The Hall–Kier alpha value is -2.93. The average Bonchev–Trinajstić information content (AvgIpc) is 3.09. The second kappa shape index (κ2) is 6.18. The number of hydrogen-bond acceptors (Lipinski definition) is 5. The first-order valence-corrected chi connectivity index (χ1v) is 8.29. The van der Waals surface area contributed by atoms with E-state index < -0.39 is 0 Å². The van der Waals surface area contributed by atoms with Crippen molar-refractivity contribution in [3.05, 3.63) is 42.2 Å². The SMILES string of the molecule is CN1CCN(C(=O)c2ccnc(-c3cc(N)nc4[nH]ccc34)c2)CC1. The van der Waals surface area contributed by atoms with Crippen molar-refractivity contribution in [2.24, 2.45) is 0 Å². The molecule has 25 heavy (non-hydrogen) atoms. The van der Waals surface area contributed by atoms with Crippen LogP contribution < -0.4 is 5.73 Å². The zero-order chi connectivity index (χ0) is 17.4. The van der Waals surface area contributed by atoms with Gasteiger partial charge < -0.3 is 20.5 Å². The van der Waals surface area contributed by atoms with E-state index in [1.165, 1.54) is 0 Å². The summed E-state index contributed by atoms with van der Waals surface area (Å²) >= 11 is 0. The fourth-order valence-corrected chi connectivity index (χ4v) is 3.17. The van der Waals surface area contributed by atoms with Crippen LogP contribution in [0.15, 0.2) is 36.7 Å². The van der Waals surface area contributed by atoms with Crippen LogP contribution in [0.2, 0.25) is 0 Å². The number of fused-ring (bicyclic) bond motifs is 1. The molecule has 0 atom stereocenters. The van der Waals surface area contributed by atoms with Crippen molar-refractivity contribution in [3.8, 4) is 11.3 Å². The highest BCUT2D eigenvalue weighted by Crippen LogP contribution is 2.28. The molecular formula is C18H20N6O. The lowest BCUT2D eigenvalue weighted by atomic mass is 10.1. The predicted octanol–water partition coefficient (Wildman–Crippen LogP) is 1.59. The molecule has 7 nitrogen and oxygen atoms in total. The van der Waals surface area contributed by atoms with Crippen LogP contribution >= 0.6 is 0 Å². The molecule has 7 heteroatoms. The third-order valence-corrected chi connectivity index (χ3v) is 4.62. The predicted molar refractivity (Wildman–Crippen MR) is 97.1 cm³/mol. The van der Waals surface area contributed by atoms with E-state index >= 15 is 0 Å². The molecule has 0 bridgehead atoms. The molecule has 0 saturated carbocycles. The average molecular weight is 336 g/mol. The molecule has 0 spiro atoms. The Morgan fingerprint density at radius 3 is 2.80 bits per heavy atom. The van der Waals surface area contributed by atoms with Gasteiger partial charge in [0.1, 0.15) is 11.5 Å². The number of amides is 1. The first-order chi connectivity index (χ1) is 12.1. The van der Waals surface area contributed by atoms with Gasteiger partial charge in [0.15, 0.2) is 0 Å². The minimum absolute atomic E-state index is 0.0455. The second-order valence-electron chi connectivity index (χ2n) is 6.36. The van der Waals surface area contributed by atoms with Crippen molar-refractivity contribution in [2.45, 2.75) is 0 Å². The van der Waals surface area contributed by atoms with Gasteiger partial charge >= 0.3 is 0 Å². The molecule has 4 heterocycles. The molecule has 1 aliphatic heterocycles. The van der Waals surface area contributed by atoms with Crippen molar-refractivity contribution >= 4 is 22.8 Å². The molecule has 0 unspecified atom stereocenters. The van der Waals surface area contributed by atoms with Gasteiger partial charge in [-0.15, -0.1) is 0 Å². The van der Waals surface area contributed by atoms with Gasteiger partial charge in [-0.2, -0.15) is 0 Å². The number of piperazine rings is 1. The number of aromatic nitrogens is 3. The summed E-state index contributed by atoms with van der Waals surface area (Å²) in [6.07, 6.45) is 3.49. The van der Waals surface area contributed by atoms with Crippen LogP contribution in [-0.4, -0.2) is 63.9 Å². The maximum Gasteiger partial charge on any atom is 0.254 e.